The van der Waals surface area contributed by atoms with Crippen molar-refractivity contribution in [3.63, 3.8) is 0 Å². The summed E-state index contributed by atoms with van der Waals surface area (Å²) >= 11 is 3.21. The van der Waals surface area contributed by atoms with Gasteiger partial charge in [0.25, 0.3) is 0 Å². The fourth-order valence-corrected chi connectivity index (χ4v) is 6.34. The van der Waals surface area contributed by atoms with Gasteiger partial charge in [-0.3, -0.25) is 4.79 Å². The van der Waals surface area contributed by atoms with E-state index in [9.17, 15) is 4.79 Å². The predicted octanol–water partition coefficient (Wildman–Crippen LogP) is 6.99. The smallest absolute Gasteiger partial charge is 0.180 e. The first kappa shape index (κ1) is 20.5. The van der Waals surface area contributed by atoms with Gasteiger partial charge in [-0.15, -0.1) is 22.7 Å². The SMILES string of the molecule is CC(C)(C)C(=O)c1sc2nc3c(c(-c4cccs4)c2c1N)C[C@H](C(C)(C)C)CC3. The van der Waals surface area contributed by atoms with Crippen molar-refractivity contribution in [2.45, 2.75) is 60.8 Å². The molecule has 0 radical (unpaired) electrons. The number of hydrogen-bond acceptors (Lipinski definition) is 5. The molecule has 0 spiro atoms. The van der Waals surface area contributed by atoms with Gasteiger partial charge in [0.05, 0.1) is 10.6 Å². The van der Waals surface area contributed by atoms with Crippen molar-refractivity contribution in [2.24, 2.45) is 16.7 Å². The van der Waals surface area contributed by atoms with Crippen LogP contribution in [0, 0.1) is 16.7 Å². The zero-order valence-electron chi connectivity index (χ0n) is 18.2. The van der Waals surface area contributed by atoms with Crippen LogP contribution in [0.5, 0.6) is 0 Å². The molecule has 154 valence electrons. The van der Waals surface area contributed by atoms with Gasteiger partial charge in [-0.1, -0.05) is 47.6 Å². The van der Waals surface area contributed by atoms with E-state index in [0.29, 0.717) is 16.5 Å². The van der Waals surface area contributed by atoms with Crippen molar-refractivity contribution in [1.29, 1.82) is 0 Å². The average Bonchev–Trinajstić information content (AvgIpc) is 3.26. The number of aryl methyl sites for hydroxylation is 1. The van der Waals surface area contributed by atoms with Crippen molar-refractivity contribution >= 4 is 44.4 Å². The van der Waals surface area contributed by atoms with Gasteiger partial charge in [0, 0.05) is 26.9 Å². The second-order valence-electron chi connectivity index (χ2n) is 10.3. The van der Waals surface area contributed by atoms with Crippen molar-refractivity contribution in [3.8, 4) is 10.4 Å². The lowest BCUT2D eigenvalue weighted by molar-refractivity contribution is 0.0863. The van der Waals surface area contributed by atoms with Crippen LogP contribution in [0.25, 0.3) is 20.7 Å². The Morgan fingerprint density at radius 2 is 1.93 bits per heavy atom. The number of carbonyl (C=O) groups excluding carboxylic acids is 1. The Labute approximate surface area is 181 Å². The number of nitrogens with zero attached hydrogens (tertiary/aromatic N) is 1. The third-order valence-electron chi connectivity index (χ3n) is 6.12. The molecule has 1 atom stereocenters. The minimum Gasteiger partial charge on any atom is -0.397 e. The molecule has 2 N–H and O–H groups in total. The molecule has 0 unspecified atom stereocenters. The summed E-state index contributed by atoms with van der Waals surface area (Å²) in [4.78, 5) is 20.9. The van der Waals surface area contributed by atoms with Crippen LogP contribution < -0.4 is 5.73 Å². The van der Waals surface area contributed by atoms with E-state index in [0.717, 1.165) is 29.5 Å². The van der Waals surface area contributed by atoms with Gasteiger partial charge in [0.15, 0.2) is 5.78 Å². The summed E-state index contributed by atoms with van der Waals surface area (Å²) in [6.07, 6.45) is 3.17. The minimum atomic E-state index is -0.463. The molecular formula is C24H30N2OS2. The summed E-state index contributed by atoms with van der Waals surface area (Å²) in [5.41, 5.74) is 10.8. The van der Waals surface area contributed by atoms with Crippen LogP contribution in [0.4, 0.5) is 5.69 Å². The quantitative estimate of drug-likeness (QED) is 0.449. The van der Waals surface area contributed by atoms with Crippen molar-refractivity contribution in [2.75, 3.05) is 5.73 Å². The summed E-state index contributed by atoms with van der Waals surface area (Å²) in [5, 5.41) is 3.10. The first-order valence-electron chi connectivity index (χ1n) is 10.3. The van der Waals surface area contributed by atoms with Gasteiger partial charge < -0.3 is 5.73 Å². The van der Waals surface area contributed by atoms with Crippen molar-refractivity contribution in [1.82, 2.24) is 4.98 Å². The largest absolute Gasteiger partial charge is 0.397 e. The number of nitrogens with two attached hydrogens (primary N) is 1. The number of fused-ring (bicyclic) bond motifs is 2. The maximum Gasteiger partial charge on any atom is 0.180 e. The number of carbonyl (C=O) groups is 1. The molecular weight excluding hydrogens is 396 g/mol. The number of ketones is 1. The zero-order valence-corrected chi connectivity index (χ0v) is 19.8. The van der Waals surface area contributed by atoms with Gasteiger partial charge in [0.2, 0.25) is 0 Å². The van der Waals surface area contributed by atoms with Gasteiger partial charge in [-0.05, 0) is 47.6 Å². The number of pyridine rings is 1. The summed E-state index contributed by atoms with van der Waals surface area (Å²) in [7, 11) is 0. The molecule has 3 nitrogen and oxygen atoms in total. The summed E-state index contributed by atoms with van der Waals surface area (Å²) in [6.45, 7) is 12.8. The number of thiophene rings is 2. The molecule has 0 bridgehead atoms. The van der Waals surface area contributed by atoms with E-state index in [4.69, 9.17) is 10.7 Å². The maximum atomic E-state index is 13.1. The van der Waals surface area contributed by atoms with Gasteiger partial charge in [0.1, 0.15) is 4.83 Å². The first-order valence-corrected chi connectivity index (χ1v) is 12.0. The average molecular weight is 427 g/mol. The minimum absolute atomic E-state index is 0.0978. The third-order valence-corrected chi connectivity index (χ3v) is 8.11. The van der Waals surface area contributed by atoms with E-state index in [1.54, 1.807) is 11.3 Å². The molecule has 3 aromatic heterocycles. The van der Waals surface area contributed by atoms with E-state index >= 15 is 0 Å². The lowest BCUT2D eigenvalue weighted by Crippen LogP contribution is -2.27. The summed E-state index contributed by atoms with van der Waals surface area (Å²) < 4.78 is 0. The Kier molecular flexibility index (Phi) is 4.90. The second-order valence-corrected chi connectivity index (χ2v) is 12.2. The highest BCUT2D eigenvalue weighted by Crippen LogP contribution is 2.48. The molecule has 0 fully saturated rings. The predicted molar refractivity (Wildman–Crippen MR) is 126 cm³/mol. The first-order chi connectivity index (χ1) is 13.5. The fourth-order valence-electron chi connectivity index (χ4n) is 4.26. The van der Waals surface area contributed by atoms with Gasteiger partial charge in [-0.25, -0.2) is 4.98 Å². The highest BCUT2D eigenvalue weighted by molar-refractivity contribution is 7.21. The number of hydrogen-bond donors (Lipinski definition) is 1. The Morgan fingerprint density at radius 3 is 2.52 bits per heavy atom. The Morgan fingerprint density at radius 1 is 1.21 bits per heavy atom. The highest BCUT2D eigenvalue weighted by Gasteiger charge is 2.34. The monoisotopic (exact) mass is 426 g/mol. The second kappa shape index (κ2) is 6.92. The molecule has 0 amide bonds. The Balaban J connectivity index is 2.00. The Bertz CT molecular complexity index is 1080. The van der Waals surface area contributed by atoms with Crippen LogP contribution in [-0.4, -0.2) is 10.8 Å². The number of nitrogen functional groups attached to an aromatic ring is 1. The van der Waals surface area contributed by atoms with Crippen LogP contribution in [0.1, 0.15) is 68.9 Å². The molecule has 1 aliphatic rings. The molecule has 29 heavy (non-hydrogen) atoms. The number of aromatic nitrogens is 1. The normalized spacial score (nSPS) is 17.5. The maximum absolute atomic E-state index is 13.1. The van der Waals surface area contributed by atoms with Gasteiger partial charge >= 0.3 is 0 Å². The molecule has 1 aliphatic carbocycles. The van der Waals surface area contributed by atoms with Gasteiger partial charge in [-0.2, -0.15) is 0 Å². The Hall–Kier alpha value is -1.72. The lowest BCUT2D eigenvalue weighted by atomic mass is 9.70. The lowest BCUT2D eigenvalue weighted by Gasteiger charge is -2.35. The van der Waals surface area contributed by atoms with Crippen LogP contribution in [0.3, 0.4) is 0 Å². The number of Topliss-reactive ketones (excluding diaryl/α,β-unsaturated/α-hetero) is 1. The molecule has 0 aliphatic heterocycles. The highest BCUT2D eigenvalue weighted by atomic mass is 32.1. The molecule has 0 aromatic carbocycles. The van der Waals surface area contributed by atoms with E-state index < -0.39 is 5.41 Å². The zero-order chi connectivity index (χ0) is 21.1. The van der Waals surface area contributed by atoms with Crippen LogP contribution in [0.2, 0.25) is 0 Å². The van der Waals surface area contributed by atoms with E-state index in [1.165, 1.54) is 33.0 Å². The van der Waals surface area contributed by atoms with Crippen LogP contribution in [-0.2, 0) is 12.8 Å². The van der Waals surface area contributed by atoms with E-state index in [-0.39, 0.29) is 11.2 Å². The molecule has 0 saturated heterocycles. The van der Waals surface area contributed by atoms with E-state index in [1.807, 2.05) is 20.8 Å². The molecule has 3 heterocycles. The van der Waals surface area contributed by atoms with Crippen molar-refractivity contribution in [3.05, 3.63) is 33.6 Å². The fraction of sp³-hybridized carbons (Fsp3) is 0.500. The third kappa shape index (κ3) is 3.53. The molecule has 0 saturated carbocycles. The summed E-state index contributed by atoms with van der Waals surface area (Å²) in [5.74, 6) is 0.712. The molecule has 4 rings (SSSR count). The van der Waals surface area contributed by atoms with Crippen molar-refractivity contribution < 1.29 is 4.79 Å². The van der Waals surface area contributed by atoms with E-state index in [2.05, 4.69) is 38.3 Å². The topological polar surface area (TPSA) is 56.0 Å². The van der Waals surface area contributed by atoms with Crippen LogP contribution >= 0.6 is 22.7 Å². The standard InChI is InChI=1S/C24H30N2OS2/c1-23(2,3)13-9-10-15-14(12-13)17(16-8-7-11-28-16)18-19(25)20(29-22(18)26-15)21(27)24(4,5)6/h7-8,11,13H,9-10,12,25H2,1-6H3/t13-/m1/s1. The van der Waals surface area contributed by atoms with Crippen LogP contribution in [0.15, 0.2) is 17.5 Å². The molecule has 5 heteroatoms. The molecule has 3 aromatic rings. The summed E-state index contributed by atoms with van der Waals surface area (Å²) in [6, 6.07) is 4.26. The number of rotatable bonds is 2. The number of anilines is 1.